The topological polar surface area (TPSA) is 78.3 Å². The van der Waals surface area contributed by atoms with Crippen molar-refractivity contribution in [1.29, 1.82) is 0 Å². The number of hydrogen-bond donors (Lipinski definition) is 1. The van der Waals surface area contributed by atoms with Crippen molar-refractivity contribution in [3.8, 4) is 11.5 Å². The number of allylic oxidation sites excluding steroid dienone is 1. The van der Waals surface area contributed by atoms with E-state index < -0.39 is 0 Å². The minimum atomic E-state index is -0.206. The summed E-state index contributed by atoms with van der Waals surface area (Å²) in [6.07, 6.45) is 6.97. The number of aromatic nitrogens is 3. The Kier molecular flexibility index (Phi) is 6.36. The third-order valence-electron chi connectivity index (χ3n) is 3.24. The van der Waals surface area contributed by atoms with Crippen LogP contribution >= 0.6 is 0 Å². The lowest BCUT2D eigenvalue weighted by molar-refractivity contribution is -0.123. The fourth-order valence-electron chi connectivity index (χ4n) is 2.21. The maximum Gasteiger partial charge on any atom is 0.258 e. The Hall–Kier alpha value is -2.83. The lowest BCUT2D eigenvalue weighted by Gasteiger charge is -2.15. The van der Waals surface area contributed by atoms with Gasteiger partial charge in [-0.2, -0.15) is 5.10 Å². The van der Waals surface area contributed by atoms with Gasteiger partial charge in [0.25, 0.3) is 5.91 Å². The van der Waals surface area contributed by atoms with E-state index >= 15 is 0 Å². The van der Waals surface area contributed by atoms with Crippen LogP contribution in [-0.4, -0.2) is 40.4 Å². The number of carbonyl (C=O) groups excluding carboxylic acids is 1. The van der Waals surface area contributed by atoms with Gasteiger partial charge in [0.05, 0.1) is 13.7 Å². The van der Waals surface area contributed by atoms with Crippen LogP contribution in [0.3, 0.4) is 0 Å². The Morgan fingerprint density at radius 3 is 2.92 bits per heavy atom. The minimum Gasteiger partial charge on any atom is -0.493 e. The molecule has 0 spiro atoms. The summed E-state index contributed by atoms with van der Waals surface area (Å²) in [5.41, 5.74) is 1.01. The van der Waals surface area contributed by atoms with Crippen LogP contribution < -0.4 is 14.8 Å². The van der Waals surface area contributed by atoms with Crippen molar-refractivity contribution >= 4 is 12.0 Å². The zero-order valence-corrected chi connectivity index (χ0v) is 14.1. The number of nitrogens with one attached hydrogen (secondary N) is 1. The summed E-state index contributed by atoms with van der Waals surface area (Å²) in [5.74, 6) is 0.918. The predicted molar refractivity (Wildman–Crippen MR) is 90.8 cm³/mol. The summed E-state index contributed by atoms with van der Waals surface area (Å²) in [4.78, 5) is 15.9. The van der Waals surface area contributed by atoms with Gasteiger partial charge >= 0.3 is 0 Å². The molecule has 1 aromatic heterocycles. The number of nitrogens with zero attached hydrogens (tertiary/aromatic N) is 3. The molecule has 0 saturated heterocycles. The average molecular weight is 330 g/mol. The van der Waals surface area contributed by atoms with Crippen LogP contribution in [0.1, 0.15) is 19.4 Å². The highest BCUT2D eigenvalue weighted by atomic mass is 16.5. The van der Waals surface area contributed by atoms with Crippen molar-refractivity contribution < 1.29 is 14.3 Å². The fraction of sp³-hybridized carbons (Fsp3) is 0.353. The molecular weight excluding hydrogens is 308 g/mol. The molecule has 128 valence electrons. The number of benzene rings is 1. The van der Waals surface area contributed by atoms with E-state index in [2.05, 4.69) is 15.4 Å². The lowest BCUT2D eigenvalue weighted by atomic mass is 10.2. The van der Waals surface area contributed by atoms with E-state index in [1.54, 1.807) is 24.2 Å². The van der Waals surface area contributed by atoms with Crippen LogP contribution in [0.4, 0.5) is 0 Å². The second-order valence-electron chi connectivity index (χ2n) is 5.29. The van der Waals surface area contributed by atoms with E-state index in [1.807, 2.05) is 38.1 Å². The minimum absolute atomic E-state index is 0.0817. The molecule has 1 amide bonds. The van der Waals surface area contributed by atoms with Gasteiger partial charge in [0, 0.05) is 6.04 Å². The molecule has 7 nitrogen and oxygen atoms in total. The van der Waals surface area contributed by atoms with Gasteiger partial charge in [-0.25, -0.2) is 4.98 Å². The standard InChI is InChI=1S/C17H22N4O3/c1-4-5-14-6-7-15(16(8-14)23-3)24-10-17(22)20-13(2)9-21-12-18-11-19-21/h4-8,11-13H,9-10H2,1-3H3,(H,20,22)/b5-4+. The summed E-state index contributed by atoms with van der Waals surface area (Å²) < 4.78 is 12.5. The van der Waals surface area contributed by atoms with Crippen LogP contribution in [0, 0.1) is 0 Å². The Bertz CT molecular complexity index is 683. The highest BCUT2D eigenvalue weighted by molar-refractivity contribution is 5.77. The molecule has 2 aromatic rings. The first-order valence-electron chi connectivity index (χ1n) is 7.67. The molecule has 0 fully saturated rings. The largest absolute Gasteiger partial charge is 0.493 e. The van der Waals surface area contributed by atoms with Gasteiger partial charge in [-0.05, 0) is 31.5 Å². The number of methoxy groups -OCH3 is 1. The number of ether oxygens (including phenoxy) is 2. The van der Waals surface area contributed by atoms with Crippen molar-refractivity contribution in [2.45, 2.75) is 26.4 Å². The molecule has 1 unspecified atom stereocenters. The average Bonchev–Trinajstić information content (AvgIpc) is 3.06. The quantitative estimate of drug-likeness (QED) is 0.800. The van der Waals surface area contributed by atoms with E-state index in [0.29, 0.717) is 18.0 Å². The monoisotopic (exact) mass is 330 g/mol. The first-order chi connectivity index (χ1) is 11.6. The molecule has 1 heterocycles. The van der Waals surface area contributed by atoms with Gasteiger partial charge in [-0.15, -0.1) is 0 Å². The number of hydrogen-bond acceptors (Lipinski definition) is 5. The van der Waals surface area contributed by atoms with E-state index in [9.17, 15) is 4.79 Å². The first kappa shape index (κ1) is 17.5. The molecular formula is C17H22N4O3. The van der Waals surface area contributed by atoms with E-state index in [4.69, 9.17) is 9.47 Å². The fourth-order valence-corrected chi connectivity index (χ4v) is 2.21. The Morgan fingerprint density at radius 1 is 1.42 bits per heavy atom. The first-order valence-corrected chi connectivity index (χ1v) is 7.67. The normalized spacial score (nSPS) is 12.1. The van der Waals surface area contributed by atoms with Crippen LogP contribution in [0.25, 0.3) is 6.08 Å². The molecule has 24 heavy (non-hydrogen) atoms. The summed E-state index contributed by atoms with van der Waals surface area (Å²) in [7, 11) is 1.57. The zero-order valence-electron chi connectivity index (χ0n) is 14.1. The Labute approximate surface area is 141 Å². The van der Waals surface area contributed by atoms with E-state index in [0.717, 1.165) is 5.56 Å². The molecule has 0 saturated carbocycles. The SMILES string of the molecule is C/C=C/c1ccc(OCC(=O)NC(C)Cn2cncn2)c(OC)c1. The van der Waals surface area contributed by atoms with Gasteiger partial charge in [-0.3, -0.25) is 9.48 Å². The van der Waals surface area contributed by atoms with Gasteiger partial charge in [-0.1, -0.05) is 18.2 Å². The molecule has 1 N–H and O–H groups in total. The molecule has 0 bridgehead atoms. The van der Waals surface area contributed by atoms with E-state index in [1.165, 1.54) is 6.33 Å². The third kappa shape index (κ3) is 5.12. The number of amides is 1. The Morgan fingerprint density at radius 2 is 2.25 bits per heavy atom. The van der Waals surface area contributed by atoms with Crippen molar-refractivity contribution in [2.24, 2.45) is 0 Å². The van der Waals surface area contributed by atoms with Crippen molar-refractivity contribution in [3.63, 3.8) is 0 Å². The van der Waals surface area contributed by atoms with Crippen molar-refractivity contribution in [3.05, 3.63) is 42.5 Å². The molecule has 0 aliphatic heterocycles. The van der Waals surface area contributed by atoms with Crippen LogP contribution in [0.15, 0.2) is 36.9 Å². The second kappa shape index (κ2) is 8.71. The van der Waals surface area contributed by atoms with Gasteiger partial charge < -0.3 is 14.8 Å². The van der Waals surface area contributed by atoms with E-state index in [-0.39, 0.29) is 18.6 Å². The molecule has 0 radical (unpaired) electrons. The second-order valence-corrected chi connectivity index (χ2v) is 5.29. The predicted octanol–water partition coefficient (Wildman–Crippen LogP) is 1.90. The summed E-state index contributed by atoms with van der Waals surface area (Å²) in [6.45, 7) is 4.31. The molecule has 0 aliphatic carbocycles. The molecule has 2 rings (SSSR count). The summed E-state index contributed by atoms with van der Waals surface area (Å²) in [6, 6.07) is 5.48. The van der Waals surface area contributed by atoms with Crippen LogP contribution in [0.5, 0.6) is 11.5 Å². The van der Waals surface area contributed by atoms with Crippen molar-refractivity contribution in [1.82, 2.24) is 20.1 Å². The summed E-state index contributed by atoms with van der Waals surface area (Å²) >= 11 is 0. The van der Waals surface area contributed by atoms with Crippen LogP contribution in [0.2, 0.25) is 0 Å². The highest BCUT2D eigenvalue weighted by Crippen LogP contribution is 2.28. The molecule has 0 aliphatic rings. The van der Waals surface area contributed by atoms with Gasteiger partial charge in [0.15, 0.2) is 18.1 Å². The highest BCUT2D eigenvalue weighted by Gasteiger charge is 2.11. The van der Waals surface area contributed by atoms with Crippen LogP contribution in [-0.2, 0) is 11.3 Å². The maximum absolute atomic E-state index is 12.0. The smallest absolute Gasteiger partial charge is 0.258 e. The molecule has 1 aromatic carbocycles. The Balaban J connectivity index is 1.86. The zero-order chi connectivity index (χ0) is 17.4. The third-order valence-corrected chi connectivity index (χ3v) is 3.24. The van der Waals surface area contributed by atoms with Crippen molar-refractivity contribution in [2.75, 3.05) is 13.7 Å². The molecule has 7 heteroatoms. The number of carbonyl (C=O) groups is 1. The number of rotatable bonds is 8. The van der Waals surface area contributed by atoms with Gasteiger partial charge in [0.1, 0.15) is 12.7 Å². The maximum atomic E-state index is 12.0. The summed E-state index contributed by atoms with van der Waals surface area (Å²) in [5, 5.41) is 6.86. The lowest BCUT2D eigenvalue weighted by Crippen LogP contribution is -2.38. The van der Waals surface area contributed by atoms with Gasteiger partial charge in [0.2, 0.25) is 0 Å². The molecule has 1 atom stereocenters.